The first kappa shape index (κ1) is 13.6. The molecular weight excluding hydrogens is 332 g/mol. The summed E-state index contributed by atoms with van der Waals surface area (Å²) in [5, 5.41) is 14.8. The summed E-state index contributed by atoms with van der Waals surface area (Å²) in [6.45, 7) is 1.49. The number of hydrogen-bond acceptors (Lipinski definition) is 3. The van der Waals surface area contributed by atoms with Crippen LogP contribution >= 0.6 is 38.9 Å². The van der Waals surface area contributed by atoms with Crippen molar-refractivity contribution in [2.24, 2.45) is 0 Å². The molecule has 0 saturated carbocycles. The van der Waals surface area contributed by atoms with Gasteiger partial charge in [0, 0.05) is 27.5 Å². The molecule has 2 nitrogen and oxygen atoms in total. The predicted octanol–water partition coefficient (Wildman–Crippen LogP) is 4.33. The van der Waals surface area contributed by atoms with E-state index in [-0.39, 0.29) is 0 Å². The van der Waals surface area contributed by atoms with Crippen molar-refractivity contribution in [3.8, 4) is 6.07 Å². The lowest BCUT2D eigenvalue weighted by Gasteiger charge is -2.06. The molecule has 0 amide bonds. The molecule has 0 aliphatic heterocycles. The molecule has 1 aromatic heterocycles. The van der Waals surface area contributed by atoms with E-state index in [1.165, 1.54) is 4.88 Å². The average Bonchev–Trinajstić information content (AvgIpc) is 2.77. The van der Waals surface area contributed by atoms with Crippen molar-refractivity contribution in [1.29, 1.82) is 5.26 Å². The zero-order chi connectivity index (χ0) is 13.0. The molecule has 2 aromatic rings. The lowest BCUT2D eigenvalue weighted by molar-refractivity contribution is 0.699. The van der Waals surface area contributed by atoms with Crippen LogP contribution in [0.25, 0.3) is 0 Å². The van der Waals surface area contributed by atoms with E-state index in [2.05, 4.69) is 32.7 Å². The highest BCUT2D eigenvalue weighted by molar-refractivity contribution is 9.10. The number of halogens is 2. The lowest BCUT2D eigenvalue weighted by Crippen LogP contribution is -2.12. The molecule has 0 radical (unpaired) electrons. The number of thiophene rings is 1. The van der Waals surface area contributed by atoms with Gasteiger partial charge in [0.25, 0.3) is 0 Å². The van der Waals surface area contributed by atoms with Crippen LogP contribution in [0.5, 0.6) is 0 Å². The molecule has 0 bridgehead atoms. The first-order valence-corrected chi connectivity index (χ1v) is 7.37. The second-order valence-electron chi connectivity index (χ2n) is 3.71. The molecule has 0 fully saturated rings. The van der Waals surface area contributed by atoms with Gasteiger partial charge in [-0.25, -0.2) is 0 Å². The van der Waals surface area contributed by atoms with E-state index < -0.39 is 0 Å². The number of hydrogen-bond donors (Lipinski definition) is 1. The van der Waals surface area contributed by atoms with Crippen LogP contribution in [0.3, 0.4) is 0 Å². The summed E-state index contributed by atoms with van der Waals surface area (Å²) in [6, 6.07) is 9.47. The van der Waals surface area contributed by atoms with E-state index in [1.807, 2.05) is 12.1 Å². The van der Waals surface area contributed by atoms with Gasteiger partial charge in [0.2, 0.25) is 0 Å². The predicted molar refractivity (Wildman–Crippen MR) is 78.7 cm³/mol. The minimum atomic E-state index is 0.588. The van der Waals surface area contributed by atoms with E-state index >= 15 is 0 Å². The van der Waals surface area contributed by atoms with Crippen molar-refractivity contribution in [3.05, 3.63) is 55.1 Å². The van der Waals surface area contributed by atoms with E-state index in [9.17, 15) is 0 Å². The molecule has 0 unspecified atom stereocenters. The van der Waals surface area contributed by atoms with Gasteiger partial charge in [-0.2, -0.15) is 5.26 Å². The average molecular weight is 342 g/mol. The third-order valence-corrected chi connectivity index (χ3v) is 4.75. The van der Waals surface area contributed by atoms with Gasteiger partial charge in [0.05, 0.1) is 11.6 Å². The maximum atomic E-state index is 8.76. The summed E-state index contributed by atoms with van der Waals surface area (Å²) < 4.78 is 1.13. The highest BCUT2D eigenvalue weighted by atomic mass is 79.9. The second-order valence-corrected chi connectivity index (χ2v) is 5.98. The third kappa shape index (κ3) is 3.33. The smallest absolute Gasteiger partial charge is 0.0992 e. The lowest BCUT2D eigenvalue weighted by atomic mass is 10.1. The minimum absolute atomic E-state index is 0.588. The molecule has 1 N–H and O–H groups in total. The van der Waals surface area contributed by atoms with Gasteiger partial charge in [0.1, 0.15) is 0 Å². The quantitative estimate of drug-likeness (QED) is 0.898. The molecule has 0 spiro atoms. The van der Waals surface area contributed by atoms with Gasteiger partial charge in [-0.3, -0.25) is 0 Å². The maximum absolute atomic E-state index is 8.76. The van der Waals surface area contributed by atoms with E-state index in [4.69, 9.17) is 16.9 Å². The van der Waals surface area contributed by atoms with Gasteiger partial charge in [-0.1, -0.05) is 17.7 Å². The van der Waals surface area contributed by atoms with E-state index in [1.54, 1.807) is 23.5 Å². The van der Waals surface area contributed by atoms with Crippen LogP contribution in [0, 0.1) is 11.3 Å². The van der Waals surface area contributed by atoms with Gasteiger partial charge < -0.3 is 5.32 Å². The molecule has 5 heteroatoms. The van der Waals surface area contributed by atoms with Crippen LogP contribution in [-0.4, -0.2) is 0 Å². The Morgan fingerprint density at radius 1 is 1.33 bits per heavy atom. The molecule has 18 heavy (non-hydrogen) atoms. The first-order chi connectivity index (χ1) is 8.70. The van der Waals surface area contributed by atoms with E-state index in [0.29, 0.717) is 17.1 Å². The van der Waals surface area contributed by atoms with Crippen molar-refractivity contribution in [2.45, 2.75) is 13.1 Å². The molecule has 0 aliphatic rings. The Morgan fingerprint density at radius 3 is 2.78 bits per heavy atom. The molecule has 0 atom stereocenters. The molecule has 1 heterocycles. The fourth-order valence-electron chi connectivity index (χ4n) is 1.52. The fourth-order valence-corrected chi connectivity index (χ4v) is 3.23. The number of nitrogens with zero attached hydrogens (tertiary/aromatic N) is 1. The number of rotatable bonds is 4. The van der Waals surface area contributed by atoms with Crippen LogP contribution < -0.4 is 5.32 Å². The Kier molecular flexibility index (Phi) is 4.79. The van der Waals surface area contributed by atoms with Crippen LogP contribution in [-0.2, 0) is 13.1 Å². The van der Waals surface area contributed by atoms with Crippen molar-refractivity contribution >= 4 is 38.9 Å². The largest absolute Gasteiger partial charge is 0.308 e. The summed E-state index contributed by atoms with van der Waals surface area (Å²) in [5.74, 6) is 0. The zero-order valence-corrected chi connectivity index (χ0v) is 12.6. The summed E-state index contributed by atoms with van der Waals surface area (Å²) in [4.78, 5) is 1.26. The van der Waals surface area contributed by atoms with Gasteiger partial charge in [-0.15, -0.1) is 11.3 Å². The summed E-state index contributed by atoms with van der Waals surface area (Å²) in [6.07, 6.45) is 0. The Hall–Kier alpha value is -0.860. The zero-order valence-electron chi connectivity index (χ0n) is 9.41. The Morgan fingerprint density at radius 2 is 2.17 bits per heavy atom. The highest BCUT2D eigenvalue weighted by Gasteiger charge is 2.03. The molecule has 92 valence electrons. The standard InChI is InChI=1S/C13H10BrClN2S/c14-11-3-4-18-13(11)8-17-7-10-2-1-9(6-16)5-12(10)15/h1-5,17H,7-8H2. The van der Waals surface area contributed by atoms with Crippen LogP contribution in [0.15, 0.2) is 34.1 Å². The Bertz CT molecular complexity index is 589. The SMILES string of the molecule is N#Cc1ccc(CNCc2sccc2Br)c(Cl)c1. The normalized spacial score (nSPS) is 10.3. The monoisotopic (exact) mass is 340 g/mol. The topological polar surface area (TPSA) is 35.8 Å². The van der Waals surface area contributed by atoms with Gasteiger partial charge in [-0.05, 0) is 45.1 Å². The summed E-state index contributed by atoms with van der Waals surface area (Å²) >= 11 is 11.3. The maximum Gasteiger partial charge on any atom is 0.0992 e. The van der Waals surface area contributed by atoms with Crippen LogP contribution in [0.1, 0.15) is 16.0 Å². The molecular formula is C13H10BrClN2S. The Balaban J connectivity index is 1.95. The van der Waals surface area contributed by atoms with Gasteiger partial charge >= 0.3 is 0 Å². The van der Waals surface area contributed by atoms with Crippen LogP contribution in [0.4, 0.5) is 0 Å². The number of benzene rings is 1. The van der Waals surface area contributed by atoms with Crippen molar-refractivity contribution in [2.75, 3.05) is 0 Å². The van der Waals surface area contributed by atoms with Gasteiger partial charge in [0.15, 0.2) is 0 Å². The van der Waals surface area contributed by atoms with E-state index in [0.717, 1.165) is 16.6 Å². The summed E-state index contributed by atoms with van der Waals surface area (Å²) in [5.41, 5.74) is 1.59. The first-order valence-electron chi connectivity index (χ1n) is 5.32. The third-order valence-electron chi connectivity index (χ3n) is 2.47. The fraction of sp³-hybridized carbons (Fsp3) is 0.154. The van der Waals surface area contributed by atoms with Crippen molar-refractivity contribution < 1.29 is 0 Å². The number of nitriles is 1. The minimum Gasteiger partial charge on any atom is -0.308 e. The molecule has 1 aromatic carbocycles. The Labute approximate surface area is 123 Å². The van der Waals surface area contributed by atoms with Crippen molar-refractivity contribution in [1.82, 2.24) is 5.32 Å². The molecule has 0 aliphatic carbocycles. The summed E-state index contributed by atoms with van der Waals surface area (Å²) in [7, 11) is 0. The molecule has 0 saturated heterocycles. The second kappa shape index (κ2) is 6.35. The molecule has 2 rings (SSSR count). The van der Waals surface area contributed by atoms with Crippen molar-refractivity contribution in [3.63, 3.8) is 0 Å². The number of nitrogens with one attached hydrogen (secondary N) is 1. The highest BCUT2D eigenvalue weighted by Crippen LogP contribution is 2.23. The van der Waals surface area contributed by atoms with Crippen LogP contribution in [0.2, 0.25) is 5.02 Å².